The van der Waals surface area contributed by atoms with Crippen LogP contribution in [0.15, 0.2) is 6.20 Å². The molecule has 1 aromatic heterocycles. The van der Waals surface area contributed by atoms with Crippen molar-refractivity contribution in [2.24, 2.45) is 5.41 Å². The SMILES string of the molecule is CCc1cnc(CN2C(=O)NC(=O)C3(CCC3)C2=O)s1. The number of imide groups is 2. The third-order valence-corrected chi connectivity index (χ3v) is 5.13. The van der Waals surface area contributed by atoms with Gasteiger partial charge in [0.1, 0.15) is 10.4 Å². The molecule has 7 heteroatoms. The van der Waals surface area contributed by atoms with Crippen LogP contribution in [0.25, 0.3) is 0 Å². The summed E-state index contributed by atoms with van der Waals surface area (Å²) in [5, 5.41) is 3.01. The lowest BCUT2D eigenvalue weighted by Gasteiger charge is -2.44. The van der Waals surface area contributed by atoms with Crippen LogP contribution in [0.1, 0.15) is 36.1 Å². The van der Waals surface area contributed by atoms with E-state index in [0.29, 0.717) is 17.8 Å². The number of hydrogen-bond donors (Lipinski definition) is 1. The number of urea groups is 1. The van der Waals surface area contributed by atoms with Gasteiger partial charge >= 0.3 is 6.03 Å². The van der Waals surface area contributed by atoms with Crippen molar-refractivity contribution in [3.8, 4) is 0 Å². The van der Waals surface area contributed by atoms with Crippen molar-refractivity contribution >= 4 is 29.2 Å². The van der Waals surface area contributed by atoms with Crippen LogP contribution in [0.2, 0.25) is 0 Å². The Morgan fingerprint density at radius 1 is 1.40 bits per heavy atom. The van der Waals surface area contributed by atoms with Gasteiger partial charge in [0.05, 0.1) is 6.54 Å². The molecule has 2 fully saturated rings. The standard InChI is InChI=1S/C13H15N3O3S/c1-2-8-6-14-9(20-8)7-16-11(18)13(4-3-5-13)10(17)15-12(16)19/h6H,2-5,7H2,1H3,(H,15,17,19). The van der Waals surface area contributed by atoms with E-state index in [1.165, 1.54) is 11.3 Å². The number of aryl methyl sites for hydroxylation is 1. The number of amides is 4. The van der Waals surface area contributed by atoms with Crippen LogP contribution in [-0.4, -0.2) is 27.7 Å². The number of carbonyl (C=O) groups is 3. The van der Waals surface area contributed by atoms with Crippen LogP contribution < -0.4 is 5.32 Å². The van der Waals surface area contributed by atoms with E-state index in [4.69, 9.17) is 0 Å². The zero-order valence-corrected chi connectivity index (χ0v) is 12.0. The predicted octanol–water partition coefficient (Wildman–Crippen LogP) is 1.45. The Morgan fingerprint density at radius 2 is 2.15 bits per heavy atom. The van der Waals surface area contributed by atoms with Gasteiger partial charge in [-0.3, -0.25) is 19.8 Å². The molecule has 1 N–H and O–H groups in total. The largest absolute Gasteiger partial charge is 0.331 e. The van der Waals surface area contributed by atoms with Crippen LogP contribution >= 0.6 is 11.3 Å². The quantitative estimate of drug-likeness (QED) is 0.856. The lowest BCUT2D eigenvalue weighted by molar-refractivity contribution is -0.158. The van der Waals surface area contributed by atoms with Crippen molar-refractivity contribution in [1.82, 2.24) is 15.2 Å². The van der Waals surface area contributed by atoms with Gasteiger partial charge in [0.15, 0.2) is 0 Å². The minimum atomic E-state index is -1.00. The second-order valence-electron chi connectivity index (χ2n) is 5.16. The highest BCUT2D eigenvalue weighted by molar-refractivity contribution is 7.11. The summed E-state index contributed by atoms with van der Waals surface area (Å²) in [5.41, 5.74) is -1.00. The summed E-state index contributed by atoms with van der Waals surface area (Å²) < 4.78 is 0. The fraction of sp³-hybridized carbons (Fsp3) is 0.538. The second kappa shape index (κ2) is 4.66. The Bertz CT molecular complexity index is 591. The highest BCUT2D eigenvalue weighted by Gasteiger charge is 2.57. The maximum atomic E-state index is 12.5. The molecule has 1 saturated heterocycles. The molecular weight excluding hydrogens is 278 g/mol. The van der Waals surface area contributed by atoms with E-state index in [9.17, 15) is 14.4 Å². The van der Waals surface area contributed by atoms with Gasteiger partial charge in [0, 0.05) is 11.1 Å². The third-order valence-electron chi connectivity index (χ3n) is 4.01. The Morgan fingerprint density at radius 3 is 2.70 bits per heavy atom. The number of hydrogen-bond acceptors (Lipinski definition) is 5. The van der Waals surface area contributed by atoms with Crippen molar-refractivity contribution in [2.75, 3.05) is 0 Å². The molecular formula is C13H15N3O3S. The lowest BCUT2D eigenvalue weighted by atomic mass is 9.66. The van der Waals surface area contributed by atoms with Gasteiger partial charge in [0.2, 0.25) is 11.8 Å². The lowest BCUT2D eigenvalue weighted by Crippen LogP contribution is -2.65. The minimum absolute atomic E-state index is 0.143. The van der Waals surface area contributed by atoms with Crippen LogP contribution in [0.4, 0.5) is 4.79 Å². The van der Waals surface area contributed by atoms with E-state index in [0.717, 1.165) is 22.6 Å². The Hall–Kier alpha value is -1.76. The van der Waals surface area contributed by atoms with Crippen LogP contribution in [0.5, 0.6) is 0 Å². The molecule has 20 heavy (non-hydrogen) atoms. The first kappa shape index (κ1) is 13.2. The first-order valence-corrected chi connectivity index (χ1v) is 7.49. The average molecular weight is 293 g/mol. The van der Waals surface area contributed by atoms with E-state index < -0.39 is 17.4 Å². The Labute approximate surface area is 120 Å². The smallest absolute Gasteiger partial charge is 0.277 e. The molecule has 6 nitrogen and oxygen atoms in total. The summed E-state index contributed by atoms with van der Waals surface area (Å²) in [5.74, 6) is -0.811. The molecule has 1 spiro atoms. The van der Waals surface area contributed by atoms with Gasteiger partial charge in [-0.15, -0.1) is 11.3 Å². The van der Waals surface area contributed by atoms with Crippen molar-refractivity contribution in [2.45, 2.75) is 39.2 Å². The molecule has 0 bridgehead atoms. The zero-order chi connectivity index (χ0) is 14.3. The summed E-state index contributed by atoms with van der Waals surface area (Å²) in [4.78, 5) is 42.7. The normalized spacial score (nSPS) is 21.1. The number of nitrogens with one attached hydrogen (secondary N) is 1. The molecule has 3 rings (SSSR count). The first-order chi connectivity index (χ1) is 9.56. The third kappa shape index (κ3) is 1.84. The predicted molar refractivity (Wildman–Crippen MR) is 71.9 cm³/mol. The first-order valence-electron chi connectivity index (χ1n) is 6.68. The maximum Gasteiger partial charge on any atom is 0.331 e. The summed E-state index contributed by atoms with van der Waals surface area (Å²) in [6.07, 6.45) is 4.54. The average Bonchev–Trinajstić information content (AvgIpc) is 2.80. The number of carbonyl (C=O) groups excluding carboxylic acids is 3. The molecule has 0 atom stereocenters. The number of barbiturate groups is 1. The van der Waals surface area contributed by atoms with Gasteiger partial charge in [-0.2, -0.15) is 0 Å². The number of rotatable bonds is 3. The van der Waals surface area contributed by atoms with E-state index in [1.807, 2.05) is 6.92 Å². The molecule has 2 heterocycles. The molecule has 1 aliphatic heterocycles. The summed E-state index contributed by atoms with van der Waals surface area (Å²) >= 11 is 1.49. The molecule has 106 valence electrons. The fourth-order valence-corrected chi connectivity index (χ4v) is 3.42. The van der Waals surface area contributed by atoms with Crippen molar-refractivity contribution < 1.29 is 14.4 Å². The van der Waals surface area contributed by atoms with Crippen LogP contribution in [0.3, 0.4) is 0 Å². The number of aromatic nitrogens is 1. The number of thiazole rings is 1. The molecule has 0 aromatic carbocycles. The van der Waals surface area contributed by atoms with Crippen molar-refractivity contribution in [3.05, 3.63) is 16.1 Å². The van der Waals surface area contributed by atoms with E-state index in [-0.39, 0.29) is 12.5 Å². The highest BCUT2D eigenvalue weighted by atomic mass is 32.1. The van der Waals surface area contributed by atoms with E-state index >= 15 is 0 Å². The topological polar surface area (TPSA) is 79.4 Å². The zero-order valence-electron chi connectivity index (χ0n) is 11.1. The molecule has 1 aromatic rings. The van der Waals surface area contributed by atoms with E-state index in [2.05, 4.69) is 10.3 Å². The fourth-order valence-electron chi connectivity index (χ4n) is 2.57. The Kier molecular flexibility index (Phi) is 3.08. The van der Waals surface area contributed by atoms with Crippen LogP contribution in [0, 0.1) is 5.41 Å². The van der Waals surface area contributed by atoms with Gasteiger partial charge in [-0.25, -0.2) is 9.78 Å². The van der Waals surface area contributed by atoms with Gasteiger partial charge < -0.3 is 0 Å². The maximum absolute atomic E-state index is 12.5. The monoisotopic (exact) mass is 293 g/mol. The van der Waals surface area contributed by atoms with Crippen molar-refractivity contribution in [1.29, 1.82) is 0 Å². The summed E-state index contributed by atoms with van der Waals surface area (Å²) in [6, 6.07) is -0.634. The Balaban J connectivity index is 1.82. The van der Waals surface area contributed by atoms with Gasteiger partial charge in [0.25, 0.3) is 0 Å². The summed E-state index contributed by atoms with van der Waals surface area (Å²) in [6.45, 7) is 2.17. The highest BCUT2D eigenvalue weighted by Crippen LogP contribution is 2.44. The molecule has 0 unspecified atom stereocenters. The van der Waals surface area contributed by atoms with Gasteiger partial charge in [-0.05, 0) is 19.3 Å². The molecule has 1 saturated carbocycles. The molecule has 4 amide bonds. The van der Waals surface area contributed by atoms with Crippen molar-refractivity contribution in [3.63, 3.8) is 0 Å². The van der Waals surface area contributed by atoms with Gasteiger partial charge in [-0.1, -0.05) is 13.3 Å². The molecule has 2 aliphatic rings. The van der Waals surface area contributed by atoms with E-state index in [1.54, 1.807) is 6.20 Å². The number of nitrogens with zero attached hydrogens (tertiary/aromatic N) is 2. The minimum Gasteiger partial charge on any atom is -0.277 e. The molecule has 1 aliphatic carbocycles. The summed E-state index contributed by atoms with van der Waals surface area (Å²) in [7, 11) is 0. The van der Waals surface area contributed by atoms with Crippen LogP contribution in [-0.2, 0) is 22.6 Å². The second-order valence-corrected chi connectivity index (χ2v) is 6.36. The molecule has 0 radical (unpaired) electrons.